The molecule has 0 fully saturated rings. The first-order valence-corrected chi connectivity index (χ1v) is 6.01. The lowest BCUT2D eigenvalue weighted by atomic mass is 10.2. The van der Waals surface area contributed by atoms with Gasteiger partial charge < -0.3 is 10.3 Å². The lowest BCUT2D eigenvalue weighted by molar-refractivity contribution is -0.115. The van der Waals surface area contributed by atoms with Crippen LogP contribution in [0.15, 0.2) is 46.1 Å². The van der Waals surface area contributed by atoms with E-state index in [1.54, 1.807) is 30.6 Å². The van der Waals surface area contributed by atoms with Gasteiger partial charge in [-0.25, -0.2) is 0 Å². The fourth-order valence-electron chi connectivity index (χ4n) is 1.43. The van der Waals surface area contributed by atoms with E-state index in [1.165, 1.54) is 6.20 Å². The van der Waals surface area contributed by atoms with E-state index in [0.717, 1.165) is 5.56 Å². The Hall–Kier alpha value is -1.95. The fraction of sp³-hybridized carbons (Fsp3) is 0.0833. The summed E-state index contributed by atoms with van der Waals surface area (Å²) in [7, 11) is 0. The molecule has 1 amide bonds. The minimum absolute atomic E-state index is 0.203. The van der Waals surface area contributed by atoms with Gasteiger partial charge in [0, 0.05) is 23.1 Å². The molecule has 0 aliphatic carbocycles. The molecule has 0 bridgehead atoms. The van der Waals surface area contributed by atoms with E-state index in [9.17, 15) is 9.59 Å². The van der Waals surface area contributed by atoms with Crippen LogP contribution in [0.25, 0.3) is 0 Å². The molecule has 2 rings (SSSR count). The summed E-state index contributed by atoms with van der Waals surface area (Å²) in [5.41, 5.74) is 0.735. The molecule has 0 aliphatic rings. The number of aromatic amines is 1. The number of anilines is 1. The molecule has 0 spiro atoms. The summed E-state index contributed by atoms with van der Waals surface area (Å²) in [6.07, 6.45) is 4.96. The summed E-state index contributed by atoms with van der Waals surface area (Å²) < 4.78 is 0.696. The van der Waals surface area contributed by atoms with Gasteiger partial charge in [0.15, 0.2) is 0 Å². The monoisotopic (exact) mass is 307 g/mol. The number of carbonyl (C=O) groups is 1. The third-order valence-corrected chi connectivity index (χ3v) is 2.71. The number of H-pyrrole nitrogens is 1. The Morgan fingerprint density at radius 2 is 2.11 bits per heavy atom. The van der Waals surface area contributed by atoms with Gasteiger partial charge in [-0.05, 0) is 39.7 Å². The average molecular weight is 308 g/mol. The zero-order valence-corrected chi connectivity index (χ0v) is 10.9. The molecule has 0 unspecified atom stereocenters. The van der Waals surface area contributed by atoms with Crippen LogP contribution in [0, 0.1) is 0 Å². The number of carbonyl (C=O) groups excluding carboxylic acids is 1. The van der Waals surface area contributed by atoms with Crippen molar-refractivity contribution in [3.8, 4) is 0 Å². The van der Waals surface area contributed by atoms with Gasteiger partial charge in [0.05, 0.1) is 6.42 Å². The summed E-state index contributed by atoms with van der Waals surface area (Å²) in [4.78, 5) is 29.6. The molecule has 2 N–H and O–H groups in total. The quantitative estimate of drug-likeness (QED) is 0.906. The normalized spacial score (nSPS) is 10.1. The number of hydrogen-bond donors (Lipinski definition) is 2. The number of aromatic nitrogens is 2. The molecule has 2 aromatic heterocycles. The number of rotatable bonds is 3. The maximum absolute atomic E-state index is 11.7. The summed E-state index contributed by atoms with van der Waals surface area (Å²) in [6, 6.07) is 5.07. The van der Waals surface area contributed by atoms with E-state index in [1.807, 2.05) is 0 Å². The predicted molar refractivity (Wildman–Crippen MR) is 71.3 cm³/mol. The fourth-order valence-corrected chi connectivity index (χ4v) is 1.77. The number of nitrogens with one attached hydrogen (secondary N) is 2. The van der Waals surface area contributed by atoms with Crippen LogP contribution in [0.5, 0.6) is 0 Å². The van der Waals surface area contributed by atoms with Crippen molar-refractivity contribution in [3.05, 3.63) is 57.2 Å². The molecule has 2 heterocycles. The number of pyridine rings is 2. The number of nitrogens with zero attached hydrogens (tertiary/aromatic N) is 1. The van der Waals surface area contributed by atoms with Gasteiger partial charge in [-0.3, -0.25) is 14.6 Å². The Balaban J connectivity index is 2.08. The van der Waals surface area contributed by atoms with Crippen molar-refractivity contribution >= 4 is 27.5 Å². The van der Waals surface area contributed by atoms with Crippen LogP contribution in [0.4, 0.5) is 5.69 Å². The third kappa shape index (κ3) is 3.27. The molecule has 0 saturated heterocycles. The van der Waals surface area contributed by atoms with E-state index < -0.39 is 0 Å². The first-order valence-electron chi connectivity index (χ1n) is 5.22. The van der Waals surface area contributed by atoms with Crippen molar-refractivity contribution in [1.82, 2.24) is 9.97 Å². The van der Waals surface area contributed by atoms with Crippen LogP contribution >= 0.6 is 15.9 Å². The van der Waals surface area contributed by atoms with Gasteiger partial charge in [-0.2, -0.15) is 0 Å². The smallest absolute Gasteiger partial charge is 0.271 e. The van der Waals surface area contributed by atoms with Crippen molar-refractivity contribution in [1.29, 1.82) is 0 Å². The van der Waals surface area contributed by atoms with Crippen molar-refractivity contribution in [3.63, 3.8) is 0 Å². The lowest BCUT2D eigenvalue weighted by Crippen LogP contribution is -2.20. The lowest BCUT2D eigenvalue weighted by Gasteiger charge is -2.04. The molecule has 6 heteroatoms. The molecule has 0 aromatic carbocycles. The highest BCUT2D eigenvalue weighted by molar-refractivity contribution is 9.10. The molecule has 0 aliphatic heterocycles. The average Bonchev–Trinajstić information content (AvgIpc) is 2.35. The standard InChI is InChI=1S/C12H10BrN3O2/c13-9-6-10(12(18)15-7-9)16-11(17)5-8-1-3-14-4-2-8/h1-4,6-7H,5H2,(H,15,18)(H,16,17). The molecule has 92 valence electrons. The Labute approximate surface area is 111 Å². The zero-order valence-electron chi connectivity index (χ0n) is 9.31. The van der Waals surface area contributed by atoms with Crippen LogP contribution in [-0.2, 0) is 11.2 Å². The van der Waals surface area contributed by atoms with Gasteiger partial charge >= 0.3 is 0 Å². The Kier molecular flexibility index (Phi) is 3.88. The summed E-state index contributed by atoms with van der Waals surface area (Å²) in [5.74, 6) is -0.246. The molecular formula is C12H10BrN3O2. The third-order valence-electron chi connectivity index (χ3n) is 2.26. The molecule has 0 atom stereocenters. The second-order valence-corrected chi connectivity index (χ2v) is 4.56. The first kappa shape index (κ1) is 12.5. The van der Waals surface area contributed by atoms with Crippen LogP contribution in [0.1, 0.15) is 5.56 Å². The second-order valence-electron chi connectivity index (χ2n) is 3.64. The van der Waals surface area contributed by atoms with E-state index in [-0.39, 0.29) is 23.6 Å². The Morgan fingerprint density at radius 1 is 1.39 bits per heavy atom. The maximum Gasteiger partial charge on any atom is 0.271 e. The number of halogens is 1. The molecule has 0 saturated carbocycles. The van der Waals surface area contributed by atoms with Crippen LogP contribution < -0.4 is 10.9 Å². The van der Waals surface area contributed by atoms with Gasteiger partial charge in [0.25, 0.3) is 5.56 Å². The Bertz CT molecular complexity index is 610. The minimum atomic E-state index is -0.332. The molecule has 2 aromatic rings. The molecule has 18 heavy (non-hydrogen) atoms. The van der Waals surface area contributed by atoms with Crippen molar-refractivity contribution in [2.24, 2.45) is 0 Å². The van der Waals surface area contributed by atoms with E-state index in [4.69, 9.17) is 0 Å². The van der Waals surface area contributed by atoms with E-state index in [0.29, 0.717) is 4.47 Å². The zero-order chi connectivity index (χ0) is 13.0. The predicted octanol–water partition coefficient (Wildman–Crippen LogP) is 1.71. The maximum atomic E-state index is 11.7. The highest BCUT2D eigenvalue weighted by Gasteiger charge is 2.07. The number of amides is 1. The second kappa shape index (κ2) is 5.59. The Morgan fingerprint density at radius 3 is 2.83 bits per heavy atom. The largest absolute Gasteiger partial charge is 0.326 e. The van der Waals surface area contributed by atoms with Crippen LogP contribution in [0.2, 0.25) is 0 Å². The SMILES string of the molecule is O=C(Cc1ccncc1)Nc1cc(Br)c[nH]c1=O. The first-order chi connectivity index (χ1) is 8.65. The molecular weight excluding hydrogens is 298 g/mol. The highest BCUT2D eigenvalue weighted by atomic mass is 79.9. The summed E-state index contributed by atoms with van der Waals surface area (Å²) >= 11 is 3.22. The van der Waals surface area contributed by atoms with Crippen LogP contribution in [0.3, 0.4) is 0 Å². The highest BCUT2D eigenvalue weighted by Crippen LogP contribution is 2.10. The van der Waals surface area contributed by atoms with Crippen molar-refractivity contribution in [2.45, 2.75) is 6.42 Å². The van der Waals surface area contributed by atoms with Gasteiger partial charge in [0.2, 0.25) is 5.91 Å². The van der Waals surface area contributed by atoms with Gasteiger partial charge in [0.1, 0.15) is 5.69 Å². The molecule has 0 radical (unpaired) electrons. The minimum Gasteiger partial charge on any atom is -0.326 e. The van der Waals surface area contributed by atoms with Crippen LogP contribution in [-0.4, -0.2) is 15.9 Å². The van der Waals surface area contributed by atoms with Crippen molar-refractivity contribution in [2.75, 3.05) is 5.32 Å². The van der Waals surface area contributed by atoms with Crippen molar-refractivity contribution < 1.29 is 4.79 Å². The summed E-state index contributed by atoms with van der Waals surface area (Å²) in [5, 5.41) is 2.57. The van der Waals surface area contributed by atoms with Gasteiger partial charge in [-0.15, -0.1) is 0 Å². The summed E-state index contributed by atoms with van der Waals surface area (Å²) in [6.45, 7) is 0. The van der Waals surface area contributed by atoms with E-state index >= 15 is 0 Å². The topological polar surface area (TPSA) is 74.8 Å². The molecule has 5 nitrogen and oxygen atoms in total. The van der Waals surface area contributed by atoms with Gasteiger partial charge in [-0.1, -0.05) is 0 Å². The number of hydrogen-bond acceptors (Lipinski definition) is 3. The van der Waals surface area contributed by atoms with E-state index in [2.05, 4.69) is 31.2 Å².